The van der Waals surface area contributed by atoms with Gasteiger partial charge >= 0.3 is 23.9 Å². The van der Waals surface area contributed by atoms with Gasteiger partial charge in [0.05, 0.1) is 7.11 Å². The first kappa shape index (κ1) is 30.3. The van der Waals surface area contributed by atoms with Crippen molar-refractivity contribution in [3.63, 3.8) is 0 Å². The van der Waals surface area contributed by atoms with Crippen LogP contribution in [0.3, 0.4) is 0 Å². The summed E-state index contributed by atoms with van der Waals surface area (Å²) in [4.78, 5) is 59.0. The Balaban J connectivity index is 2.18. The highest BCUT2D eigenvalue weighted by molar-refractivity contribution is 5.91. The van der Waals surface area contributed by atoms with Gasteiger partial charge in [-0.3, -0.25) is 24.0 Å². The van der Waals surface area contributed by atoms with Gasteiger partial charge in [0.15, 0.2) is 36.1 Å². The van der Waals surface area contributed by atoms with Crippen LogP contribution in [0.1, 0.15) is 33.3 Å². The summed E-state index contributed by atoms with van der Waals surface area (Å²) in [5, 5.41) is 2.62. The largest absolute Gasteiger partial charge is 0.493 e. The predicted octanol–water partition coefficient (Wildman–Crippen LogP) is 0.916. The van der Waals surface area contributed by atoms with E-state index in [0.29, 0.717) is 11.3 Å². The number of ether oxygens (including phenoxy) is 7. The minimum Gasteiger partial charge on any atom is -0.493 e. The lowest BCUT2D eigenvalue weighted by atomic mass is 9.97. The average Bonchev–Trinajstić information content (AvgIpc) is 2.83. The SMILES string of the molecule is COc1cc(/C=C/C(=O)NC[C@H]2O[C@H](OC)[C@H](OC(C)=O)[C@@H](OC(C)=O)[C@H]2OC(C)=O)ccc1OC(C)=O. The van der Waals surface area contributed by atoms with E-state index in [-0.39, 0.29) is 12.3 Å². The summed E-state index contributed by atoms with van der Waals surface area (Å²) >= 11 is 0. The molecule has 13 heteroatoms. The van der Waals surface area contributed by atoms with Gasteiger partial charge in [0.1, 0.15) is 6.10 Å². The van der Waals surface area contributed by atoms with Gasteiger partial charge in [0.2, 0.25) is 5.91 Å². The summed E-state index contributed by atoms with van der Waals surface area (Å²) in [5.74, 6) is -2.64. The number of rotatable bonds is 10. The first-order chi connectivity index (χ1) is 17.9. The van der Waals surface area contributed by atoms with Crippen LogP contribution in [-0.4, -0.2) is 81.3 Å². The van der Waals surface area contributed by atoms with E-state index >= 15 is 0 Å². The third kappa shape index (κ3) is 8.85. The molecule has 1 saturated heterocycles. The molecule has 208 valence electrons. The highest BCUT2D eigenvalue weighted by Crippen LogP contribution is 2.30. The van der Waals surface area contributed by atoms with Crippen LogP contribution in [0.15, 0.2) is 24.3 Å². The maximum atomic E-state index is 12.5. The van der Waals surface area contributed by atoms with Gasteiger partial charge < -0.3 is 38.5 Å². The number of esters is 4. The van der Waals surface area contributed by atoms with Crippen molar-refractivity contribution in [3.8, 4) is 11.5 Å². The van der Waals surface area contributed by atoms with Gasteiger partial charge in [-0.1, -0.05) is 6.07 Å². The van der Waals surface area contributed by atoms with Crippen LogP contribution in [0.4, 0.5) is 0 Å². The van der Waals surface area contributed by atoms with E-state index in [1.807, 2.05) is 0 Å². The lowest BCUT2D eigenvalue weighted by Gasteiger charge is -2.43. The van der Waals surface area contributed by atoms with Crippen molar-refractivity contribution >= 4 is 35.9 Å². The summed E-state index contributed by atoms with van der Waals surface area (Å²) in [6, 6.07) is 4.72. The summed E-state index contributed by atoms with van der Waals surface area (Å²) in [6.45, 7) is 4.52. The Morgan fingerprint density at radius 3 is 2.00 bits per heavy atom. The molecule has 1 aromatic carbocycles. The molecule has 13 nitrogen and oxygen atoms in total. The van der Waals surface area contributed by atoms with Gasteiger partial charge in [-0.25, -0.2) is 0 Å². The van der Waals surface area contributed by atoms with Crippen molar-refractivity contribution < 1.29 is 57.1 Å². The molecule has 1 heterocycles. The second-order valence-electron chi connectivity index (χ2n) is 8.08. The van der Waals surface area contributed by atoms with Crippen molar-refractivity contribution in [1.82, 2.24) is 5.32 Å². The molecular formula is C25H31NO12. The first-order valence-corrected chi connectivity index (χ1v) is 11.5. The third-order valence-electron chi connectivity index (χ3n) is 5.08. The zero-order chi connectivity index (χ0) is 28.4. The van der Waals surface area contributed by atoms with E-state index < -0.39 is 60.5 Å². The molecule has 1 aliphatic rings. The quantitative estimate of drug-likeness (QED) is 0.195. The highest BCUT2D eigenvalue weighted by Gasteiger charge is 2.52. The number of methoxy groups -OCH3 is 2. The number of hydrogen-bond acceptors (Lipinski definition) is 12. The summed E-state index contributed by atoms with van der Waals surface area (Å²) < 4.78 is 37.2. The molecule has 1 amide bonds. The second-order valence-corrected chi connectivity index (χ2v) is 8.08. The van der Waals surface area contributed by atoms with Gasteiger partial charge in [-0.2, -0.15) is 0 Å². The fourth-order valence-electron chi connectivity index (χ4n) is 3.67. The second kappa shape index (κ2) is 14.1. The molecule has 38 heavy (non-hydrogen) atoms. The third-order valence-corrected chi connectivity index (χ3v) is 5.08. The molecule has 0 aromatic heterocycles. The molecule has 1 aromatic rings. The molecule has 0 radical (unpaired) electrons. The van der Waals surface area contributed by atoms with Crippen molar-refractivity contribution in [2.75, 3.05) is 20.8 Å². The smallest absolute Gasteiger partial charge is 0.308 e. The van der Waals surface area contributed by atoms with E-state index in [1.165, 1.54) is 39.4 Å². The monoisotopic (exact) mass is 537 g/mol. The Morgan fingerprint density at radius 1 is 0.842 bits per heavy atom. The van der Waals surface area contributed by atoms with Crippen molar-refractivity contribution in [3.05, 3.63) is 29.8 Å². The lowest BCUT2D eigenvalue weighted by Crippen LogP contribution is -2.63. The first-order valence-electron chi connectivity index (χ1n) is 11.5. The van der Waals surface area contributed by atoms with Gasteiger partial charge in [0, 0.05) is 47.4 Å². The Morgan fingerprint density at radius 2 is 1.45 bits per heavy atom. The van der Waals surface area contributed by atoms with Crippen molar-refractivity contribution in [2.45, 2.75) is 58.4 Å². The molecular weight excluding hydrogens is 506 g/mol. The summed E-state index contributed by atoms with van der Waals surface area (Å²) in [5.41, 5.74) is 0.582. The van der Waals surface area contributed by atoms with Crippen molar-refractivity contribution in [2.24, 2.45) is 0 Å². The zero-order valence-electron chi connectivity index (χ0n) is 21.9. The maximum absolute atomic E-state index is 12.5. The minimum atomic E-state index is -1.26. The Kier molecular flexibility index (Phi) is 11.2. The molecule has 0 spiro atoms. The number of nitrogens with one attached hydrogen (secondary N) is 1. The van der Waals surface area contributed by atoms with Crippen LogP contribution in [0.25, 0.3) is 6.08 Å². The number of carbonyl (C=O) groups is 5. The molecule has 0 aliphatic carbocycles. The van der Waals surface area contributed by atoms with E-state index in [9.17, 15) is 24.0 Å². The normalized spacial score (nSPS) is 22.7. The number of amides is 1. The van der Waals surface area contributed by atoms with Gasteiger partial charge in [0.25, 0.3) is 0 Å². The standard InChI is InChI=1S/C25H31NO12/c1-13(27)34-18-9-7-17(11-19(18)32-5)8-10-21(31)26-12-20-22(35-14(2)28)23(36-15(3)29)24(37-16(4)30)25(33-6)38-20/h7-11,20,22-25H,12H2,1-6H3,(H,26,31)/b10-8+/t20-,22+,23+,24-,25+/m1/s1. The van der Waals surface area contributed by atoms with Crippen LogP contribution in [0, 0.1) is 0 Å². The van der Waals surface area contributed by atoms with E-state index in [0.717, 1.165) is 20.8 Å². The molecule has 1 N–H and O–H groups in total. The number of hydrogen-bond donors (Lipinski definition) is 1. The number of carbonyl (C=O) groups excluding carboxylic acids is 5. The Hall–Kier alpha value is -3.97. The van der Waals surface area contributed by atoms with Crippen LogP contribution in [-0.2, 0) is 47.7 Å². The molecule has 0 bridgehead atoms. The van der Waals surface area contributed by atoms with Crippen LogP contribution >= 0.6 is 0 Å². The van der Waals surface area contributed by atoms with Gasteiger partial charge in [-0.15, -0.1) is 0 Å². The molecule has 5 atom stereocenters. The molecule has 2 rings (SSSR count). The van der Waals surface area contributed by atoms with Crippen molar-refractivity contribution in [1.29, 1.82) is 0 Å². The van der Waals surface area contributed by atoms with Crippen LogP contribution < -0.4 is 14.8 Å². The number of benzene rings is 1. The Labute approximate surface area is 219 Å². The van der Waals surface area contributed by atoms with Crippen LogP contribution in [0.5, 0.6) is 11.5 Å². The van der Waals surface area contributed by atoms with E-state index in [1.54, 1.807) is 12.1 Å². The van der Waals surface area contributed by atoms with Gasteiger partial charge in [-0.05, 0) is 23.8 Å². The van der Waals surface area contributed by atoms with E-state index in [4.69, 9.17) is 33.2 Å². The Bertz CT molecular complexity index is 1070. The zero-order valence-corrected chi connectivity index (χ0v) is 21.9. The molecule has 1 aliphatic heterocycles. The average molecular weight is 538 g/mol. The topological polar surface area (TPSA) is 162 Å². The minimum absolute atomic E-state index is 0.180. The lowest BCUT2D eigenvalue weighted by molar-refractivity contribution is -0.296. The maximum Gasteiger partial charge on any atom is 0.308 e. The molecule has 0 unspecified atom stereocenters. The summed E-state index contributed by atoms with van der Waals surface area (Å²) in [7, 11) is 2.70. The fraction of sp³-hybridized carbons (Fsp3) is 0.480. The summed E-state index contributed by atoms with van der Waals surface area (Å²) in [6.07, 6.45) is -3.20. The molecule has 1 fully saturated rings. The highest BCUT2D eigenvalue weighted by atomic mass is 16.7. The predicted molar refractivity (Wildman–Crippen MR) is 129 cm³/mol. The molecule has 0 saturated carbocycles. The fourth-order valence-corrected chi connectivity index (χ4v) is 3.67. The van der Waals surface area contributed by atoms with Crippen LogP contribution in [0.2, 0.25) is 0 Å². The van der Waals surface area contributed by atoms with E-state index in [2.05, 4.69) is 5.32 Å².